The average molecular weight is 441 g/mol. The fraction of sp³-hybridized carbons (Fsp3) is 0.353. The van der Waals surface area contributed by atoms with Gasteiger partial charge in [-0.15, -0.1) is 0 Å². The summed E-state index contributed by atoms with van der Waals surface area (Å²) in [5.74, 6) is -0.355. The molecule has 3 aromatic rings. The van der Waals surface area contributed by atoms with E-state index < -0.39 is 35.3 Å². The highest BCUT2D eigenvalue weighted by molar-refractivity contribution is 7.84. The van der Waals surface area contributed by atoms with E-state index in [-0.39, 0.29) is 11.5 Å². The Morgan fingerprint density at radius 2 is 1.90 bits per heavy atom. The first-order chi connectivity index (χ1) is 14.2. The van der Waals surface area contributed by atoms with Crippen molar-refractivity contribution in [2.24, 2.45) is 5.14 Å². The summed E-state index contributed by atoms with van der Waals surface area (Å²) < 4.78 is 45.6. The largest absolute Gasteiger partial charge is 0.386 e. The highest BCUT2D eigenvalue weighted by Crippen LogP contribution is 2.22. The molecule has 13 heteroatoms. The molecule has 11 nitrogen and oxygen atoms in total. The van der Waals surface area contributed by atoms with Gasteiger partial charge >= 0.3 is 10.3 Å². The monoisotopic (exact) mass is 441 g/mol. The Morgan fingerprint density at radius 3 is 2.53 bits per heavy atom. The zero-order chi connectivity index (χ0) is 21.9. The van der Waals surface area contributed by atoms with Crippen molar-refractivity contribution in [2.75, 3.05) is 13.7 Å². The Kier molecular flexibility index (Phi) is 6.70. The molecule has 30 heavy (non-hydrogen) atoms. The third kappa shape index (κ3) is 5.13. The number of hydrogen-bond donors (Lipinski definition) is 3. The number of ether oxygens (including phenoxy) is 1. The molecule has 2 aromatic heterocycles. The lowest BCUT2D eigenvalue weighted by Gasteiger charge is -2.25. The van der Waals surface area contributed by atoms with E-state index in [0.29, 0.717) is 17.6 Å². The van der Waals surface area contributed by atoms with Gasteiger partial charge in [-0.05, 0) is 17.7 Å². The molecular formula is C17H20FN5O6S. The second-order valence-corrected chi connectivity index (χ2v) is 7.62. The molecule has 0 spiro atoms. The van der Waals surface area contributed by atoms with E-state index in [0.717, 1.165) is 5.56 Å². The number of fused-ring (bicyclic) bond motifs is 1. The van der Waals surface area contributed by atoms with E-state index in [9.17, 15) is 23.0 Å². The number of halogens is 1. The number of aliphatic hydroxyl groups excluding tert-OH is 2. The predicted molar refractivity (Wildman–Crippen MR) is 102 cm³/mol. The average Bonchev–Trinajstić information content (AvgIpc) is 3.13. The number of rotatable bonds is 9. The molecule has 0 aliphatic heterocycles. The van der Waals surface area contributed by atoms with Crippen LogP contribution in [0.2, 0.25) is 0 Å². The molecule has 0 unspecified atom stereocenters. The number of hydrogen-bond acceptors (Lipinski definition) is 9. The minimum absolute atomic E-state index is 0.232. The minimum atomic E-state index is -4.25. The van der Waals surface area contributed by atoms with Gasteiger partial charge in [0.05, 0.1) is 18.6 Å². The van der Waals surface area contributed by atoms with Crippen LogP contribution < -0.4 is 5.14 Å². The van der Waals surface area contributed by atoms with Gasteiger partial charge in [-0.25, -0.2) is 24.5 Å². The number of benzene rings is 1. The molecule has 0 aliphatic carbocycles. The Balaban J connectivity index is 1.84. The molecule has 0 fully saturated rings. The van der Waals surface area contributed by atoms with Crippen LogP contribution in [0.3, 0.4) is 0 Å². The Morgan fingerprint density at radius 1 is 1.20 bits per heavy atom. The Labute approximate surface area is 171 Å². The molecule has 2 heterocycles. The maximum atomic E-state index is 13.1. The number of aliphatic hydroxyl groups is 2. The van der Waals surface area contributed by atoms with Crippen LogP contribution in [0.15, 0.2) is 36.9 Å². The minimum Gasteiger partial charge on any atom is -0.386 e. The molecule has 3 rings (SSSR count). The van der Waals surface area contributed by atoms with Crippen LogP contribution in [-0.2, 0) is 25.6 Å². The fourth-order valence-corrected chi connectivity index (χ4v) is 3.17. The lowest BCUT2D eigenvalue weighted by molar-refractivity contribution is -0.112. The lowest BCUT2D eigenvalue weighted by Crippen LogP contribution is -2.40. The first-order valence-electron chi connectivity index (χ1n) is 8.66. The Hall–Kier alpha value is -2.55. The standard InChI is InChI=1S/C17H20FN5O6S/c1-28-13(7-29-30(19,26)27)15(24)17(25)23-9-22-14-12(20-8-21-16(14)23)6-10-2-4-11(18)5-3-10/h2-5,8-9,13,15,17,24-25H,6-7H2,1H3,(H2,19,26,27)/t13-,15-,17-/m1/s1. The van der Waals surface area contributed by atoms with Gasteiger partial charge in [0.15, 0.2) is 11.9 Å². The smallest absolute Gasteiger partial charge is 0.333 e. The Bertz CT molecular complexity index is 1110. The van der Waals surface area contributed by atoms with Crippen molar-refractivity contribution in [3.05, 3.63) is 54.0 Å². The van der Waals surface area contributed by atoms with E-state index in [1.165, 1.54) is 36.5 Å². The molecule has 1 aromatic carbocycles. The van der Waals surface area contributed by atoms with E-state index in [2.05, 4.69) is 19.1 Å². The van der Waals surface area contributed by atoms with E-state index >= 15 is 0 Å². The molecule has 162 valence electrons. The highest BCUT2D eigenvalue weighted by atomic mass is 32.2. The van der Waals surface area contributed by atoms with Gasteiger partial charge in [0.25, 0.3) is 0 Å². The third-order valence-corrected chi connectivity index (χ3v) is 4.85. The van der Waals surface area contributed by atoms with Gasteiger partial charge in [-0.3, -0.25) is 8.75 Å². The van der Waals surface area contributed by atoms with Crippen LogP contribution in [0.1, 0.15) is 17.5 Å². The summed E-state index contributed by atoms with van der Waals surface area (Å²) in [6.45, 7) is -0.606. The molecule has 0 amide bonds. The molecule has 0 saturated carbocycles. The maximum absolute atomic E-state index is 13.1. The van der Waals surface area contributed by atoms with Crippen molar-refractivity contribution in [1.29, 1.82) is 0 Å². The zero-order valence-electron chi connectivity index (χ0n) is 15.8. The summed E-state index contributed by atoms with van der Waals surface area (Å²) >= 11 is 0. The zero-order valence-corrected chi connectivity index (χ0v) is 16.6. The van der Waals surface area contributed by atoms with Crippen LogP contribution in [-0.4, -0.2) is 64.1 Å². The summed E-state index contributed by atoms with van der Waals surface area (Å²) in [5, 5.41) is 25.8. The quantitative estimate of drug-likeness (QED) is 0.402. The topological polar surface area (TPSA) is 163 Å². The molecule has 4 N–H and O–H groups in total. The first-order valence-corrected chi connectivity index (χ1v) is 10.1. The molecular weight excluding hydrogens is 421 g/mol. The summed E-state index contributed by atoms with van der Waals surface area (Å²) in [5.41, 5.74) is 1.94. The van der Waals surface area contributed by atoms with Gasteiger partial charge in [-0.1, -0.05) is 12.1 Å². The third-order valence-electron chi connectivity index (χ3n) is 4.39. The van der Waals surface area contributed by atoms with Crippen LogP contribution in [0, 0.1) is 5.82 Å². The van der Waals surface area contributed by atoms with Crippen LogP contribution in [0.5, 0.6) is 0 Å². The first kappa shape index (κ1) is 22.1. The summed E-state index contributed by atoms with van der Waals surface area (Å²) in [7, 11) is -3.04. The van der Waals surface area contributed by atoms with Crippen molar-refractivity contribution in [1.82, 2.24) is 19.5 Å². The number of nitrogens with zero attached hydrogens (tertiary/aromatic N) is 4. The van der Waals surface area contributed by atoms with E-state index in [1.54, 1.807) is 12.1 Å². The maximum Gasteiger partial charge on any atom is 0.333 e. The van der Waals surface area contributed by atoms with Crippen LogP contribution >= 0.6 is 0 Å². The highest BCUT2D eigenvalue weighted by Gasteiger charge is 2.30. The van der Waals surface area contributed by atoms with Gasteiger partial charge in [0.2, 0.25) is 0 Å². The molecule has 3 atom stereocenters. The van der Waals surface area contributed by atoms with Gasteiger partial charge in [0.1, 0.15) is 29.9 Å². The van der Waals surface area contributed by atoms with Crippen LogP contribution in [0.4, 0.5) is 4.39 Å². The van der Waals surface area contributed by atoms with E-state index in [4.69, 9.17) is 9.88 Å². The van der Waals surface area contributed by atoms with Gasteiger partial charge < -0.3 is 14.9 Å². The summed E-state index contributed by atoms with van der Waals surface area (Å²) in [6.07, 6.45) is -1.51. The van der Waals surface area contributed by atoms with Crippen molar-refractivity contribution >= 4 is 21.5 Å². The van der Waals surface area contributed by atoms with Crippen molar-refractivity contribution in [3.8, 4) is 0 Å². The van der Waals surface area contributed by atoms with Crippen molar-refractivity contribution < 1.29 is 31.9 Å². The van der Waals surface area contributed by atoms with Crippen molar-refractivity contribution in [2.45, 2.75) is 24.9 Å². The number of methoxy groups -OCH3 is 1. The molecule has 0 radical (unpaired) electrons. The SMILES string of the molecule is CO[C@H](COS(N)(=O)=O)[C@@H](O)[C@@H](O)n1cnc2c(Cc3ccc(F)cc3)ncnc21. The number of nitrogens with two attached hydrogens (primary N) is 1. The number of imidazole rings is 1. The number of aromatic nitrogens is 4. The summed E-state index contributed by atoms with van der Waals surface area (Å²) in [4.78, 5) is 12.5. The molecule has 0 saturated heterocycles. The second kappa shape index (κ2) is 9.07. The molecule has 0 bridgehead atoms. The fourth-order valence-electron chi connectivity index (χ4n) is 2.84. The molecule has 0 aliphatic rings. The van der Waals surface area contributed by atoms with Gasteiger partial charge in [-0.2, -0.15) is 8.42 Å². The lowest BCUT2D eigenvalue weighted by atomic mass is 10.1. The predicted octanol–water partition coefficient (Wildman–Crippen LogP) is -0.357. The van der Waals surface area contributed by atoms with Crippen LogP contribution in [0.25, 0.3) is 11.2 Å². The second-order valence-electron chi connectivity index (χ2n) is 6.40. The van der Waals surface area contributed by atoms with Gasteiger partial charge in [0, 0.05) is 13.5 Å². The normalized spacial score (nSPS) is 15.2. The van der Waals surface area contributed by atoms with E-state index in [1.807, 2.05) is 0 Å². The van der Waals surface area contributed by atoms with Crippen molar-refractivity contribution in [3.63, 3.8) is 0 Å². The summed E-state index contributed by atoms with van der Waals surface area (Å²) in [6, 6.07) is 5.91.